The number of hydrogen-bond donors (Lipinski definition) is 2. The van der Waals surface area contributed by atoms with Crippen molar-refractivity contribution in [3.63, 3.8) is 0 Å². The lowest BCUT2D eigenvalue weighted by atomic mass is 10.3. The van der Waals surface area contributed by atoms with Crippen molar-refractivity contribution in [2.24, 2.45) is 4.99 Å². The van der Waals surface area contributed by atoms with Crippen molar-refractivity contribution in [1.82, 2.24) is 20.4 Å². The first-order valence-electron chi connectivity index (χ1n) is 7.44. The Labute approximate surface area is 144 Å². The van der Waals surface area contributed by atoms with Crippen LogP contribution in [-0.4, -0.2) is 48.6 Å². The minimum atomic E-state index is 0. The van der Waals surface area contributed by atoms with E-state index in [4.69, 9.17) is 4.74 Å². The van der Waals surface area contributed by atoms with Crippen molar-refractivity contribution in [3.05, 3.63) is 18.5 Å². The number of nitrogens with zero attached hydrogens (tertiary/aromatic N) is 3. The summed E-state index contributed by atoms with van der Waals surface area (Å²) in [6.45, 7) is 9.05. The lowest BCUT2D eigenvalue weighted by Crippen LogP contribution is -2.39. The molecule has 0 aliphatic heterocycles. The quantitative estimate of drug-likeness (QED) is 0.268. The molecule has 0 saturated carbocycles. The maximum Gasteiger partial charge on any atom is 0.191 e. The SMILES string of the molecule is CCNC(=NCCCCOCC)NCCn1cccn1.I. The molecule has 1 aromatic heterocycles. The Morgan fingerprint density at radius 1 is 1.29 bits per heavy atom. The lowest BCUT2D eigenvalue weighted by molar-refractivity contribution is 0.144. The normalized spacial score (nSPS) is 11.0. The van der Waals surface area contributed by atoms with Gasteiger partial charge in [-0.25, -0.2) is 0 Å². The molecule has 0 aliphatic carbocycles. The molecule has 0 aromatic carbocycles. The third-order valence-corrected chi connectivity index (χ3v) is 2.71. The van der Waals surface area contributed by atoms with Gasteiger partial charge in [-0.15, -0.1) is 24.0 Å². The first kappa shape index (κ1) is 20.2. The zero-order chi connectivity index (χ0) is 14.5. The van der Waals surface area contributed by atoms with Gasteiger partial charge in [-0.3, -0.25) is 9.67 Å². The molecule has 0 saturated heterocycles. The van der Waals surface area contributed by atoms with E-state index in [1.165, 1.54) is 0 Å². The van der Waals surface area contributed by atoms with E-state index < -0.39 is 0 Å². The third-order valence-electron chi connectivity index (χ3n) is 2.71. The van der Waals surface area contributed by atoms with Crippen LogP contribution < -0.4 is 10.6 Å². The van der Waals surface area contributed by atoms with E-state index in [-0.39, 0.29) is 24.0 Å². The van der Waals surface area contributed by atoms with Gasteiger partial charge in [-0.2, -0.15) is 5.10 Å². The molecular formula is C14H28IN5O. The molecule has 0 radical (unpaired) electrons. The van der Waals surface area contributed by atoms with E-state index in [0.29, 0.717) is 0 Å². The highest BCUT2D eigenvalue weighted by molar-refractivity contribution is 14.0. The second kappa shape index (κ2) is 14.1. The molecule has 0 spiro atoms. The third kappa shape index (κ3) is 10.5. The van der Waals surface area contributed by atoms with Crippen LogP contribution in [0.25, 0.3) is 0 Å². The van der Waals surface area contributed by atoms with Crippen LogP contribution in [0, 0.1) is 0 Å². The van der Waals surface area contributed by atoms with Gasteiger partial charge in [0, 0.05) is 45.2 Å². The molecule has 1 heterocycles. The van der Waals surface area contributed by atoms with Gasteiger partial charge >= 0.3 is 0 Å². The maximum absolute atomic E-state index is 5.30. The first-order chi connectivity index (χ1) is 9.86. The zero-order valence-corrected chi connectivity index (χ0v) is 15.4. The van der Waals surface area contributed by atoms with Crippen molar-refractivity contribution >= 4 is 29.9 Å². The monoisotopic (exact) mass is 409 g/mol. The first-order valence-corrected chi connectivity index (χ1v) is 7.44. The number of unbranched alkanes of at least 4 members (excludes halogenated alkanes) is 1. The fourth-order valence-corrected chi connectivity index (χ4v) is 1.71. The number of rotatable bonds is 10. The van der Waals surface area contributed by atoms with Gasteiger partial charge < -0.3 is 15.4 Å². The summed E-state index contributed by atoms with van der Waals surface area (Å²) in [6, 6.07) is 1.93. The Kier molecular flexibility index (Phi) is 13.6. The molecule has 1 aromatic rings. The van der Waals surface area contributed by atoms with Crippen molar-refractivity contribution in [3.8, 4) is 0 Å². The number of guanidine groups is 1. The number of hydrogen-bond acceptors (Lipinski definition) is 3. The fraction of sp³-hybridized carbons (Fsp3) is 0.714. The summed E-state index contributed by atoms with van der Waals surface area (Å²) in [5.74, 6) is 0.871. The van der Waals surface area contributed by atoms with E-state index >= 15 is 0 Å². The number of aromatic nitrogens is 2. The summed E-state index contributed by atoms with van der Waals surface area (Å²) in [5.41, 5.74) is 0. The highest BCUT2D eigenvalue weighted by Crippen LogP contribution is 1.91. The molecule has 122 valence electrons. The van der Waals surface area contributed by atoms with Gasteiger partial charge in [-0.05, 0) is 32.8 Å². The molecule has 1 rings (SSSR count). The van der Waals surface area contributed by atoms with E-state index in [2.05, 4.69) is 27.6 Å². The van der Waals surface area contributed by atoms with Gasteiger partial charge in [0.05, 0.1) is 6.54 Å². The van der Waals surface area contributed by atoms with Crippen LogP contribution in [0.15, 0.2) is 23.5 Å². The molecule has 7 heteroatoms. The number of aliphatic imine (C=N–C) groups is 1. The van der Waals surface area contributed by atoms with Gasteiger partial charge in [0.1, 0.15) is 0 Å². The second-order valence-corrected chi connectivity index (χ2v) is 4.36. The predicted octanol–water partition coefficient (Wildman–Crippen LogP) is 1.87. The van der Waals surface area contributed by atoms with Crippen LogP contribution in [-0.2, 0) is 11.3 Å². The Hall–Kier alpha value is -0.830. The number of nitrogens with one attached hydrogen (secondary N) is 2. The maximum atomic E-state index is 5.30. The lowest BCUT2D eigenvalue weighted by Gasteiger charge is -2.11. The molecule has 0 atom stereocenters. The largest absolute Gasteiger partial charge is 0.382 e. The van der Waals surface area contributed by atoms with Gasteiger partial charge in [-0.1, -0.05) is 0 Å². The van der Waals surface area contributed by atoms with Crippen LogP contribution in [0.1, 0.15) is 26.7 Å². The molecule has 0 aliphatic rings. The Bertz CT molecular complexity index is 356. The average Bonchev–Trinajstić information content (AvgIpc) is 2.96. The number of halogens is 1. The summed E-state index contributed by atoms with van der Waals surface area (Å²) >= 11 is 0. The van der Waals surface area contributed by atoms with Crippen LogP contribution in [0.2, 0.25) is 0 Å². The van der Waals surface area contributed by atoms with Crippen molar-refractivity contribution in [1.29, 1.82) is 0 Å². The Balaban J connectivity index is 0.00000400. The van der Waals surface area contributed by atoms with Crippen LogP contribution >= 0.6 is 24.0 Å². The Morgan fingerprint density at radius 3 is 2.81 bits per heavy atom. The summed E-state index contributed by atoms with van der Waals surface area (Å²) < 4.78 is 7.21. The van der Waals surface area contributed by atoms with Crippen LogP contribution in [0.5, 0.6) is 0 Å². The number of ether oxygens (including phenoxy) is 1. The highest BCUT2D eigenvalue weighted by Gasteiger charge is 1.97. The minimum Gasteiger partial charge on any atom is -0.382 e. The van der Waals surface area contributed by atoms with Crippen molar-refractivity contribution in [2.75, 3.05) is 32.8 Å². The molecule has 0 fully saturated rings. The van der Waals surface area contributed by atoms with E-state index in [1.54, 1.807) is 6.20 Å². The molecule has 6 nitrogen and oxygen atoms in total. The average molecular weight is 409 g/mol. The van der Waals surface area contributed by atoms with Gasteiger partial charge in [0.15, 0.2) is 5.96 Å². The molecular weight excluding hydrogens is 381 g/mol. The topological polar surface area (TPSA) is 63.5 Å². The predicted molar refractivity (Wildman–Crippen MR) is 97.4 cm³/mol. The van der Waals surface area contributed by atoms with E-state index in [0.717, 1.165) is 58.2 Å². The Morgan fingerprint density at radius 2 is 2.14 bits per heavy atom. The molecule has 0 bridgehead atoms. The summed E-state index contributed by atoms with van der Waals surface area (Å²) in [5, 5.41) is 10.7. The smallest absolute Gasteiger partial charge is 0.191 e. The van der Waals surface area contributed by atoms with E-state index in [1.807, 2.05) is 23.9 Å². The molecule has 2 N–H and O–H groups in total. The standard InChI is InChI=1S/C14H27N5O.HI/c1-3-15-14(16-8-5-6-13-20-4-2)17-10-12-19-11-7-9-18-19;/h7,9,11H,3-6,8,10,12-13H2,1-2H3,(H2,15,16,17);1H. The van der Waals surface area contributed by atoms with Crippen LogP contribution in [0.3, 0.4) is 0 Å². The fourth-order valence-electron chi connectivity index (χ4n) is 1.71. The zero-order valence-electron chi connectivity index (χ0n) is 13.0. The summed E-state index contributed by atoms with van der Waals surface area (Å²) in [6.07, 6.45) is 5.86. The minimum absolute atomic E-state index is 0. The van der Waals surface area contributed by atoms with E-state index in [9.17, 15) is 0 Å². The molecule has 0 amide bonds. The second-order valence-electron chi connectivity index (χ2n) is 4.36. The van der Waals surface area contributed by atoms with Crippen molar-refractivity contribution in [2.45, 2.75) is 33.2 Å². The van der Waals surface area contributed by atoms with Crippen molar-refractivity contribution < 1.29 is 4.74 Å². The van der Waals surface area contributed by atoms with Crippen LogP contribution in [0.4, 0.5) is 0 Å². The molecule has 21 heavy (non-hydrogen) atoms. The van der Waals surface area contributed by atoms with Gasteiger partial charge in [0.2, 0.25) is 0 Å². The summed E-state index contributed by atoms with van der Waals surface area (Å²) in [7, 11) is 0. The highest BCUT2D eigenvalue weighted by atomic mass is 127. The molecule has 0 unspecified atom stereocenters. The van der Waals surface area contributed by atoms with Gasteiger partial charge in [0.25, 0.3) is 0 Å². The summed E-state index contributed by atoms with van der Waals surface area (Å²) in [4.78, 5) is 4.54.